The summed E-state index contributed by atoms with van der Waals surface area (Å²) in [6.07, 6.45) is 1.48. The molecule has 1 amide bonds. The van der Waals surface area contributed by atoms with Crippen LogP contribution < -0.4 is 10.6 Å². The summed E-state index contributed by atoms with van der Waals surface area (Å²) >= 11 is 7.85. The van der Waals surface area contributed by atoms with Crippen LogP contribution in [0.15, 0.2) is 53.1 Å². The van der Waals surface area contributed by atoms with Crippen LogP contribution in [0.3, 0.4) is 0 Å². The lowest BCUT2D eigenvalue weighted by Crippen LogP contribution is -2.18. The number of rotatable bonds is 6. The van der Waals surface area contributed by atoms with E-state index in [1.54, 1.807) is 12.1 Å². The number of halogens is 1. The summed E-state index contributed by atoms with van der Waals surface area (Å²) in [6.45, 7) is 7.95. The minimum absolute atomic E-state index is 0.254. The van der Waals surface area contributed by atoms with Crippen LogP contribution in [-0.4, -0.2) is 15.9 Å². The Balaban J connectivity index is 1.81. The van der Waals surface area contributed by atoms with E-state index in [9.17, 15) is 4.79 Å². The van der Waals surface area contributed by atoms with Crippen LogP contribution in [-0.2, 0) is 0 Å². The fourth-order valence-corrected chi connectivity index (χ4v) is 4.88. The molecule has 8 heteroatoms. The Bertz CT molecular complexity index is 1250. The van der Waals surface area contributed by atoms with Crippen molar-refractivity contribution in [2.24, 2.45) is 0 Å². The maximum Gasteiger partial charge on any atom is 0.291 e. The highest BCUT2D eigenvalue weighted by Gasteiger charge is 2.26. The van der Waals surface area contributed by atoms with Crippen molar-refractivity contribution in [3.8, 4) is 0 Å². The lowest BCUT2D eigenvalue weighted by atomic mass is 9.96. The summed E-state index contributed by atoms with van der Waals surface area (Å²) < 4.78 is 5.27. The number of nitrogens with one attached hydrogen (secondary N) is 2. The number of carbonyl (C=O) groups excluding carboxylic acids is 1. The predicted octanol–water partition coefficient (Wildman–Crippen LogP) is 6.47. The topological polar surface area (TPSA) is 80.0 Å². The van der Waals surface area contributed by atoms with Gasteiger partial charge >= 0.3 is 0 Å². The molecule has 164 valence electrons. The second-order valence-corrected chi connectivity index (χ2v) is 9.23. The molecular weight excluding hydrogens is 444 g/mol. The number of thiophene rings is 1. The van der Waals surface area contributed by atoms with Gasteiger partial charge in [-0.25, -0.2) is 9.97 Å². The van der Waals surface area contributed by atoms with Crippen LogP contribution in [0, 0.1) is 27.7 Å². The first-order chi connectivity index (χ1) is 15.3. The van der Waals surface area contributed by atoms with Crippen molar-refractivity contribution in [3.05, 3.63) is 92.5 Å². The molecule has 1 atom stereocenters. The molecule has 0 bridgehead atoms. The molecule has 6 nitrogen and oxygen atoms in total. The highest BCUT2D eigenvalue weighted by molar-refractivity contribution is 7.16. The van der Waals surface area contributed by atoms with Crippen LogP contribution >= 0.6 is 22.9 Å². The summed E-state index contributed by atoms with van der Waals surface area (Å²) in [5, 5.41) is 7.86. The number of anilines is 2. The van der Waals surface area contributed by atoms with Crippen molar-refractivity contribution >= 4 is 39.8 Å². The van der Waals surface area contributed by atoms with E-state index >= 15 is 0 Å². The van der Waals surface area contributed by atoms with Gasteiger partial charge in [-0.05, 0) is 69.2 Å². The maximum atomic E-state index is 12.7. The maximum absolute atomic E-state index is 12.7. The molecule has 4 rings (SSSR count). The average Bonchev–Trinajstić information content (AvgIpc) is 3.35. The number of nitrogens with zero attached hydrogens (tertiary/aromatic N) is 2. The molecule has 0 radical (unpaired) electrons. The van der Waals surface area contributed by atoms with E-state index in [0.717, 1.165) is 38.0 Å². The lowest BCUT2D eigenvalue weighted by Gasteiger charge is -2.22. The standard InChI is InChI=1S/C24H23ClN4O2S/c1-13-11-14(2)27-24(26-13)28-21(17-7-5-8-18(25)12-17)20-15(3)16(4)32-23(20)29-22(30)19-9-6-10-31-19/h5-12,21H,1-4H3,(H,29,30)(H,26,27,28). The molecule has 3 aromatic heterocycles. The zero-order valence-electron chi connectivity index (χ0n) is 18.2. The van der Waals surface area contributed by atoms with E-state index < -0.39 is 0 Å². The first-order valence-electron chi connectivity index (χ1n) is 10.1. The van der Waals surface area contributed by atoms with E-state index in [4.69, 9.17) is 16.0 Å². The van der Waals surface area contributed by atoms with Gasteiger partial charge in [0.05, 0.1) is 12.3 Å². The highest BCUT2D eigenvalue weighted by atomic mass is 35.5. The van der Waals surface area contributed by atoms with E-state index in [0.29, 0.717) is 11.0 Å². The predicted molar refractivity (Wildman–Crippen MR) is 129 cm³/mol. The second-order valence-electron chi connectivity index (χ2n) is 7.56. The van der Waals surface area contributed by atoms with Crippen molar-refractivity contribution < 1.29 is 9.21 Å². The molecule has 0 aliphatic rings. The van der Waals surface area contributed by atoms with Gasteiger partial charge in [-0.2, -0.15) is 0 Å². The van der Waals surface area contributed by atoms with Gasteiger partial charge in [0.2, 0.25) is 5.95 Å². The van der Waals surface area contributed by atoms with Gasteiger partial charge in [0.15, 0.2) is 5.76 Å². The third-order valence-corrected chi connectivity index (χ3v) is 6.50. The van der Waals surface area contributed by atoms with E-state index in [-0.39, 0.29) is 17.7 Å². The van der Waals surface area contributed by atoms with Gasteiger partial charge in [-0.1, -0.05) is 23.7 Å². The number of furan rings is 1. The minimum atomic E-state index is -0.327. The third-order valence-electron chi connectivity index (χ3n) is 5.13. The van der Waals surface area contributed by atoms with Crippen molar-refractivity contribution in [1.29, 1.82) is 0 Å². The zero-order chi connectivity index (χ0) is 22.8. The smallest absolute Gasteiger partial charge is 0.291 e. The molecule has 32 heavy (non-hydrogen) atoms. The van der Waals surface area contributed by atoms with Crippen LogP contribution in [0.5, 0.6) is 0 Å². The quantitative estimate of drug-likeness (QED) is 0.340. The number of benzene rings is 1. The van der Waals surface area contributed by atoms with Crippen molar-refractivity contribution in [2.45, 2.75) is 33.7 Å². The van der Waals surface area contributed by atoms with Gasteiger partial charge in [0, 0.05) is 26.9 Å². The van der Waals surface area contributed by atoms with Gasteiger partial charge in [-0.3, -0.25) is 4.79 Å². The minimum Gasteiger partial charge on any atom is -0.459 e. The number of hydrogen-bond donors (Lipinski definition) is 2. The van der Waals surface area contributed by atoms with Crippen LogP contribution in [0.25, 0.3) is 0 Å². The van der Waals surface area contributed by atoms with E-state index in [1.807, 2.05) is 58.0 Å². The number of hydrogen-bond acceptors (Lipinski definition) is 6. The normalized spacial score (nSPS) is 11.9. The Kier molecular flexibility index (Phi) is 6.30. The molecule has 3 heterocycles. The zero-order valence-corrected chi connectivity index (χ0v) is 19.8. The Morgan fingerprint density at radius 2 is 1.81 bits per heavy atom. The number of aryl methyl sites for hydroxylation is 3. The van der Waals surface area contributed by atoms with Gasteiger partial charge in [0.25, 0.3) is 5.91 Å². The fourth-order valence-electron chi connectivity index (χ4n) is 3.59. The van der Waals surface area contributed by atoms with Gasteiger partial charge < -0.3 is 15.1 Å². The Labute approximate surface area is 195 Å². The fraction of sp³-hybridized carbons (Fsp3) is 0.208. The SMILES string of the molecule is Cc1cc(C)nc(NC(c2cccc(Cl)c2)c2c(NC(=O)c3ccco3)sc(C)c2C)n1. The number of carbonyl (C=O) groups is 1. The first kappa shape index (κ1) is 22.0. The summed E-state index contributed by atoms with van der Waals surface area (Å²) in [7, 11) is 0. The Hall–Kier alpha value is -3.16. The Morgan fingerprint density at radius 1 is 1.06 bits per heavy atom. The largest absolute Gasteiger partial charge is 0.459 e. The van der Waals surface area contributed by atoms with E-state index in [2.05, 4.69) is 20.6 Å². The summed E-state index contributed by atoms with van der Waals surface area (Å²) in [5.74, 6) is 0.466. The van der Waals surface area contributed by atoms with Crippen LogP contribution in [0.1, 0.15) is 49.6 Å². The van der Waals surface area contributed by atoms with Gasteiger partial charge in [-0.15, -0.1) is 11.3 Å². The average molecular weight is 467 g/mol. The van der Waals surface area contributed by atoms with Crippen LogP contribution in [0.2, 0.25) is 5.02 Å². The van der Waals surface area contributed by atoms with Crippen molar-refractivity contribution in [2.75, 3.05) is 10.6 Å². The molecule has 1 aromatic carbocycles. The molecule has 0 aliphatic carbocycles. The first-order valence-corrected chi connectivity index (χ1v) is 11.3. The Morgan fingerprint density at radius 3 is 2.47 bits per heavy atom. The molecule has 0 spiro atoms. The lowest BCUT2D eigenvalue weighted by molar-refractivity contribution is 0.0997. The molecule has 2 N–H and O–H groups in total. The summed E-state index contributed by atoms with van der Waals surface area (Å²) in [4.78, 5) is 23.0. The second kappa shape index (κ2) is 9.14. The molecule has 1 unspecified atom stereocenters. The third kappa shape index (κ3) is 4.69. The van der Waals surface area contributed by atoms with Gasteiger partial charge in [0.1, 0.15) is 5.00 Å². The molecule has 4 aromatic rings. The number of aromatic nitrogens is 2. The number of amides is 1. The molecule has 0 aliphatic heterocycles. The molecule has 0 fully saturated rings. The summed E-state index contributed by atoms with van der Waals surface area (Å²) in [5.41, 5.74) is 4.70. The van der Waals surface area contributed by atoms with Crippen LogP contribution in [0.4, 0.5) is 10.9 Å². The van der Waals surface area contributed by atoms with Crippen molar-refractivity contribution in [1.82, 2.24) is 9.97 Å². The molecule has 0 saturated heterocycles. The summed E-state index contributed by atoms with van der Waals surface area (Å²) in [6, 6.07) is 12.6. The van der Waals surface area contributed by atoms with E-state index in [1.165, 1.54) is 17.6 Å². The van der Waals surface area contributed by atoms with Crippen molar-refractivity contribution in [3.63, 3.8) is 0 Å². The highest BCUT2D eigenvalue weighted by Crippen LogP contribution is 2.41. The monoisotopic (exact) mass is 466 g/mol. The molecular formula is C24H23ClN4O2S. The molecule has 0 saturated carbocycles.